The van der Waals surface area contributed by atoms with E-state index in [-0.39, 0.29) is 17.7 Å². The molecular formula is C16H27N3O2. The van der Waals surface area contributed by atoms with Crippen LogP contribution < -0.4 is 5.73 Å². The molecule has 0 aromatic rings. The minimum absolute atomic E-state index is 0.00971. The molecule has 0 unspecified atom stereocenters. The molecule has 0 bridgehead atoms. The van der Waals surface area contributed by atoms with Gasteiger partial charge in [-0.25, -0.2) is 0 Å². The van der Waals surface area contributed by atoms with Gasteiger partial charge in [-0.1, -0.05) is 6.42 Å². The monoisotopic (exact) mass is 293 g/mol. The zero-order valence-corrected chi connectivity index (χ0v) is 12.8. The van der Waals surface area contributed by atoms with Crippen molar-refractivity contribution in [2.75, 3.05) is 26.2 Å². The molecule has 0 aromatic heterocycles. The highest BCUT2D eigenvalue weighted by atomic mass is 16.2. The summed E-state index contributed by atoms with van der Waals surface area (Å²) < 4.78 is 0. The molecule has 0 aromatic carbocycles. The van der Waals surface area contributed by atoms with Gasteiger partial charge in [0.25, 0.3) is 0 Å². The maximum absolute atomic E-state index is 12.6. The number of hydrogen-bond acceptors (Lipinski definition) is 3. The maximum atomic E-state index is 12.6. The molecule has 2 amide bonds. The number of carbonyl (C=O) groups is 2. The van der Waals surface area contributed by atoms with Crippen LogP contribution in [0.3, 0.4) is 0 Å². The van der Waals surface area contributed by atoms with Gasteiger partial charge in [-0.3, -0.25) is 14.5 Å². The third-order valence-corrected chi connectivity index (χ3v) is 5.70. The van der Waals surface area contributed by atoms with Crippen LogP contribution in [0.1, 0.15) is 44.9 Å². The lowest BCUT2D eigenvalue weighted by atomic mass is 9.81. The van der Waals surface area contributed by atoms with Gasteiger partial charge < -0.3 is 10.6 Å². The zero-order chi connectivity index (χ0) is 14.8. The van der Waals surface area contributed by atoms with Crippen molar-refractivity contribution >= 4 is 11.8 Å². The van der Waals surface area contributed by atoms with Gasteiger partial charge in [0, 0.05) is 44.1 Å². The summed E-state index contributed by atoms with van der Waals surface area (Å²) in [7, 11) is 0. The number of nitrogens with zero attached hydrogens (tertiary/aromatic N) is 2. The Morgan fingerprint density at radius 3 is 1.86 bits per heavy atom. The van der Waals surface area contributed by atoms with E-state index in [4.69, 9.17) is 5.73 Å². The summed E-state index contributed by atoms with van der Waals surface area (Å²) in [6.45, 7) is 3.83. The normalized spacial score (nSPS) is 31.7. The standard InChI is InChI=1S/C16H27N3O2/c17-15(20)12-4-6-13(7-5-12)16(21)19-10-8-18(9-11-19)14-2-1-3-14/h12-14H,1-11H2,(H2,17,20). The average molecular weight is 293 g/mol. The van der Waals surface area contributed by atoms with Crippen molar-refractivity contribution < 1.29 is 9.59 Å². The van der Waals surface area contributed by atoms with Crippen LogP contribution in [-0.2, 0) is 9.59 Å². The predicted molar refractivity (Wildman–Crippen MR) is 80.4 cm³/mol. The highest BCUT2D eigenvalue weighted by Crippen LogP contribution is 2.31. The molecule has 2 aliphatic carbocycles. The van der Waals surface area contributed by atoms with E-state index >= 15 is 0 Å². The van der Waals surface area contributed by atoms with Crippen molar-refractivity contribution in [1.29, 1.82) is 0 Å². The van der Waals surface area contributed by atoms with Crippen LogP contribution in [0.25, 0.3) is 0 Å². The van der Waals surface area contributed by atoms with Gasteiger partial charge in [0.05, 0.1) is 0 Å². The molecule has 5 heteroatoms. The smallest absolute Gasteiger partial charge is 0.225 e. The molecule has 0 atom stereocenters. The average Bonchev–Trinajstić information content (AvgIpc) is 2.46. The lowest BCUT2D eigenvalue weighted by Crippen LogP contribution is -2.54. The number of amides is 2. The Morgan fingerprint density at radius 2 is 1.38 bits per heavy atom. The van der Waals surface area contributed by atoms with Crippen molar-refractivity contribution in [2.24, 2.45) is 17.6 Å². The Hall–Kier alpha value is -1.10. The first-order valence-electron chi connectivity index (χ1n) is 8.47. The lowest BCUT2D eigenvalue weighted by molar-refractivity contribution is -0.140. The molecule has 1 saturated heterocycles. The van der Waals surface area contributed by atoms with Crippen LogP contribution >= 0.6 is 0 Å². The summed E-state index contributed by atoms with van der Waals surface area (Å²) in [5, 5.41) is 0. The second-order valence-electron chi connectivity index (χ2n) is 6.90. The Labute approximate surface area is 126 Å². The first-order valence-corrected chi connectivity index (χ1v) is 8.47. The lowest BCUT2D eigenvalue weighted by Gasteiger charge is -2.43. The molecule has 1 heterocycles. The van der Waals surface area contributed by atoms with Gasteiger partial charge in [0.1, 0.15) is 0 Å². The number of piperazine rings is 1. The Morgan fingerprint density at radius 1 is 0.810 bits per heavy atom. The Balaban J connectivity index is 1.45. The van der Waals surface area contributed by atoms with E-state index in [1.165, 1.54) is 19.3 Å². The Kier molecular flexibility index (Phi) is 4.48. The number of carbonyl (C=O) groups excluding carboxylic acids is 2. The quantitative estimate of drug-likeness (QED) is 0.843. The van der Waals surface area contributed by atoms with E-state index in [2.05, 4.69) is 4.90 Å². The van der Waals surface area contributed by atoms with Crippen molar-refractivity contribution in [3.8, 4) is 0 Å². The highest BCUT2D eigenvalue weighted by molar-refractivity contribution is 5.80. The fourth-order valence-corrected chi connectivity index (χ4v) is 3.94. The highest BCUT2D eigenvalue weighted by Gasteiger charge is 2.34. The summed E-state index contributed by atoms with van der Waals surface area (Å²) in [5.74, 6) is 0.224. The van der Waals surface area contributed by atoms with Gasteiger partial charge >= 0.3 is 0 Å². The van der Waals surface area contributed by atoms with Crippen LogP contribution in [0.2, 0.25) is 0 Å². The number of rotatable bonds is 3. The van der Waals surface area contributed by atoms with Crippen LogP contribution in [-0.4, -0.2) is 53.8 Å². The van der Waals surface area contributed by atoms with Gasteiger partial charge in [0.15, 0.2) is 0 Å². The van der Waals surface area contributed by atoms with Gasteiger partial charge in [-0.05, 0) is 38.5 Å². The molecular weight excluding hydrogens is 266 g/mol. The van der Waals surface area contributed by atoms with E-state index < -0.39 is 0 Å². The van der Waals surface area contributed by atoms with E-state index in [0.29, 0.717) is 5.91 Å². The largest absolute Gasteiger partial charge is 0.369 e. The van der Waals surface area contributed by atoms with E-state index in [9.17, 15) is 9.59 Å². The van der Waals surface area contributed by atoms with Gasteiger partial charge in [-0.2, -0.15) is 0 Å². The fraction of sp³-hybridized carbons (Fsp3) is 0.875. The minimum atomic E-state index is -0.199. The van der Waals surface area contributed by atoms with Crippen molar-refractivity contribution in [3.63, 3.8) is 0 Å². The third kappa shape index (κ3) is 3.23. The summed E-state index contributed by atoms with van der Waals surface area (Å²) in [6, 6.07) is 0.785. The first kappa shape index (κ1) is 14.8. The topological polar surface area (TPSA) is 66.6 Å². The van der Waals surface area contributed by atoms with Crippen LogP contribution in [0.5, 0.6) is 0 Å². The van der Waals surface area contributed by atoms with Crippen molar-refractivity contribution in [2.45, 2.75) is 51.0 Å². The van der Waals surface area contributed by atoms with Gasteiger partial charge in [-0.15, -0.1) is 0 Å². The van der Waals surface area contributed by atoms with Crippen LogP contribution in [0.15, 0.2) is 0 Å². The molecule has 3 aliphatic rings. The van der Waals surface area contributed by atoms with E-state index in [1.807, 2.05) is 4.90 Å². The van der Waals surface area contributed by atoms with E-state index in [0.717, 1.165) is 57.9 Å². The number of primary amides is 1. The van der Waals surface area contributed by atoms with Crippen molar-refractivity contribution in [3.05, 3.63) is 0 Å². The molecule has 3 fully saturated rings. The summed E-state index contributed by atoms with van der Waals surface area (Å²) in [6.07, 6.45) is 7.27. The molecule has 0 radical (unpaired) electrons. The molecule has 21 heavy (non-hydrogen) atoms. The summed E-state index contributed by atoms with van der Waals surface area (Å²) >= 11 is 0. The molecule has 5 nitrogen and oxygen atoms in total. The third-order valence-electron chi connectivity index (χ3n) is 5.70. The number of nitrogens with two attached hydrogens (primary N) is 1. The van der Waals surface area contributed by atoms with Crippen LogP contribution in [0.4, 0.5) is 0 Å². The second-order valence-corrected chi connectivity index (χ2v) is 6.90. The van der Waals surface area contributed by atoms with Crippen LogP contribution in [0, 0.1) is 11.8 Å². The van der Waals surface area contributed by atoms with Gasteiger partial charge in [0.2, 0.25) is 11.8 Å². The molecule has 2 N–H and O–H groups in total. The second kappa shape index (κ2) is 6.34. The molecule has 2 saturated carbocycles. The SMILES string of the molecule is NC(=O)C1CCC(C(=O)N2CCN(C3CCC3)CC2)CC1. The molecule has 0 spiro atoms. The molecule has 118 valence electrons. The fourth-order valence-electron chi connectivity index (χ4n) is 3.94. The zero-order valence-electron chi connectivity index (χ0n) is 12.8. The number of hydrogen-bond donors (Lipinski definition) is 1. The molecule has 1 aliphatic heterocycles. The molecule has 3 rings (SSSR count). The minimum Gasteiger partial charge on any atom is -0.369 e. The van der Waals surface area contributed by atoms with Crippen molar-refractivity contribution in [1.82, 2.24) is 9.80 Å². The first-order chi connectivity index (χ1) is 10.1. The Bertz CT molecular complexity index is 392. The predicted octanol–water partition coefficient (Wildman–Crippen LogP) is 0.975. The van der Waals surface area contributed by atoms with E-state index in [1.54, 1.807) is 0 Å². The summed E-state index contributed by atoms with van der Waals surface area (Å²) in [4.78, 5) is 28.4. The summed E-state index contributed by atoms with van der Waals surface area (Å²) in [5.41, 5.74) is 5.35. The maximum Gasteiger partial charge on any atom is 0.225 e.